The van der Waals surface area contributed by atoms with Gasteiger partial charge in [-0.25, -0.2) is 0 Å². The van der Waals surface area contributed by atoms with Gasteiger partial charge in [-0.2, -0.15) is 0 Å². The fourth-order valence-electron chi connectivity index (χ4n) is 9.41. The van der Waals surface area contributed by atoms with Crippen molar-refractivity contribution in [3.8, 4) is 0 Å². The molecule has 2 saturated carbocycles. The van der Waals surface area contributed by atoms with Crippen molar-refractivity contribution in [2.24, 2.45) is 17.1 Å². The van der Waals surface area contributed by atoms with Crippen LogP contribution in [0, 0.1) is 11.3 Å². The minimum Gasteiger partial charge on any atom is -0.359 e. The monoisotopic (exact) mass is 467 g/mol. The van der Waals surface area contributed by atoms with Crippen LogP contribution in [0.4, 0.5) is 0 Å². The first-order valence-corrected chi connectivity index (χ1v) is 13.9. The number of pyridine rings is 1. The number of fused-ring (bicyclic) bond motifs is 2. The number of nitrogens with zero attached hydrogens (tertiary/aromatic N) is 2. The summed E-state index contributed by atoms with van der Waals surface area (Å²) in [7, 11) is 0. The molecule has 1 aromatic heterocycles. The molecule has 2 aromatic rings. The van der Waals surface area contributed by atoms with Crippen molar-refractivity contribution < 1.29 is 4.74 Å². The Morgan fingerprint density at radius 2 is 2.00 bits per heavy atom. The smallest absolute Gasteiger partial charge is 0.0974 e. The molecule has 0 amide bonds. The summed E-state index contributed by atoms with van der Waals surface area (Å²) in [6, 6.07) is 10.2. The van der Waals surface area contributed by atoms with Crippen LogP contribution < -0.4 is 5.73 Å². The predicted molar refractivity (Wildman–Crippen MR) is 139 cm³/mol. The van der Waals surface area contributed by atoms with Crippen LogP contribution in [-0.2, 0) is 4.74 Å². The van der Waals surface area contributed by atoms with E-state index in [9.17, 15) is 0 Å². The van der Waals surface area contributed by atoms with Crippen molar-refractivity contribution in [2.45, 2.75) is 87.5 Å². The lowest BCUT2D eigenvalue weighted by atomic mass is 9.58. The van der Waals surface area contributed by atoms with Crippen LogP contribution in [0.2, 0.25) is 0 Å². The van der Waals surface area contributed by atoms with Gasteiger partial charge < -0.3 is 10.5 Å². The summed E-state index contributed by atoms with van der Waals surface area (Å²) in [4.78, 5) is 7.01. The van der Waals surface area contributed by atoms with Gasteiger partial charge in [0.2, 0.25) is 0 Å². The number of nitrogens with two attached hydrogens (primary N) is 1. The van der Waals surface area contributed by atoms with Crippen molar-refractivity contribution in [3.05, 3.63) is 65.5 Å². The Bertz CT molecular complexity index is 1280. The lowest BCUT2D eigenvalue weighted by Crippen LogP contribution is -2.62. The van der Waals surface area contributed by atoms with Gasteiger partial charge in [0, 0.05) is 43.0 Å². The fourth-order valence-corrected chi connectivity index (χ4v) is 9.41. The zero-order valence-corrected chi connectivity index (χ0v) is 20.9. The van der Waals surface area contributed by atoms with E-state index < -0.39 is 0 Å². The normalized spacial score (nSPS) is 42.6. The molecular formula is C31H37N3O. The molecule has 0 radical (unpaired) electrons. The third-order valence-corrected chi connectivity index (χ3v) is 11.2. The van der Waals surface area contributed by atoms with Crippen molar-refractivity contribution in [1.82, 2.24) is 9.88 Å². The summed E-state index contributed by atoms with van der Waals surface area (Å²) < 4.78 is 7.49. The average Bonchev–Trinajstić information content (AvgIpc) is 3.36. The summed E-state index contributed by atoms with van der Waals surface area (Å²) in [6.45, 7) is 4.71. The Balaban J connectivity index is 1.14. The molecule has 6 atom stereocenters. The molecular weight excluding hydrogens is 430 g/mol. The number of hydrogen-bond acceptors (Lipinski definition) is 4. The number of rotatable bonds is 2. The number of aromatic nitrogens is 1. The largest absolute Gasteiger partial charge is 0.359 e. The molecule has 3 aliphatic heterocycles. The first-order chi connectivity index (χ1) is 17.0. The molecule has 35 heavy (non-hydrogen) atoms. The maximum atomic E-state index is 7.49. The van der Waals surface area contributed by atoms with Crippen LogP contribution in [0.25, 0.3) is 10.8 Å². The second-order valence-corrected chi connectivity index (χ2v) is 12.8. The number of ether oxygens (including phenoxy) is 1. The topological polar surface area (TPSA) is 51.4 Å². The van der Waals surface area contributed by atoms with Gasteiger partial charge in [-0.15, -0.1) is 0 Å². The van der Waals surface area contributed by atoms with E-state index >= 15 is 0 Å². The molecule has 4 heteroatoms. The van der Waals surface area contributed by atoms with Crippen molar-refractivity contribution in [3.63, 3.8) is 0 Å². The molecule has 1 aromatic carbocycles. The van der Waals surface area contributed by atoms with Crippen LogP contribution in [0.15, 0.2) is 60.0 Å². The molecule has 2 spiro atoms. The Morgan fingerprint density at radius 3 is 2.89 bits per heavy atom. The average molecular weight is 468 g/mol. The van der Waals surface area contributed by atoms with E-state index in [1.54, 1.807) is 5.57 Å². The summed E-state index contributed by atoms with van der Waals surface area (Å²) in [5.74, 6) is 1.18. The highest BCUT2D eigenvalue weighted by atomic mass is 16.5. The zero-order chi connectivity index (χ0) is 23.4. The van der Waals surface area contributed by atoms with Crippen molar-refractivity contribution in [2.75, 3.05) is 13.1 Å². The highest BCUT2D eigenvalue weighted by Gasteiger charge is 2.66. The van der Waals surface area contributed by atoms with Crippen molar-refractivity contribution >= 4 is 10.8 Å². The number of allylic oxidation sites excluding steroid dienone is 1. The Hall–Kier alpha value is -2.01. The first kappa shape index (κ1) is 21.1. The number of benzene rings is 1. The Morgan fingerprint density at radius 1 is 1.09 bits per heavy atom. The van der Waals surface area contributed by atoms with E-state index in [0.717, 1.165) is 13.1 Å². The standard InChI is InChI=1S/C31H37N3O/c1-29-10-8-24-15-23-4-5-26(34-18-25(32)19-34)16-30(23)11-12-31(24,35-30)28(29)7-6-27(29)21-3-2-20-9-13-33-17-22(20)14-21/h2-3,8-9,13-15,17,25-28H,4-7,10-12,16,18-19,32H2,1H3/t26-,27-,28-,29-,30-,31?/m1/s1. The quantitative estimate of drug-likeness (QED) is 0.635. The van der Waals surface area contributed by atoms with E-state index in [4.69, 9.17) is 10.5 Å². The Kier molecular flexibility index (Phi) is 4.26. The minimum atomic E-state index is -0.0725. The van der Waals surface area contributed by atoms with Gasteiger partial charge >= 0.3 is 0 Å². The maximum absolute atomic E-state index is 7.49. The minimum absolute atomic E-state index is 0.0229. The van der Waals surface area contributed by atoms with Crippen LogP contribution in [0.1, 0.15) is 69.8 Å². The zero-order valence-electron chi connectivity index (χ0n) is 20.9. The molecule has 4 heterocycles. The molecule has 4 nitrogen and oxygen atoms in total. The maximum Gasteiger partial charge on any atom is 0.0974 e. The van der Waals surface area contributed by atoms with Gasteiger partial charge in [0.15, 0.2) is 0 Å². The van der Waals surface area contributed by atoms with E-state index in [-0.39, 0.29) is 16.6 Å². The fraction of sp³-hybridized carbons (Fsp3) is 0.581. The van der Waals surface area contributed by atoms with Gasteiger partial charge in [0.1, 0.15) is 0 Å². The number of hydrogen-bond donors (Lipinski definition) is 1. The molecule has 2 N–H and O–H groups in total. The highest BCUT2D eigenvalue weighted by molar-refractivity contribution is 5.82. The molecule has 3 aliphatic carbocycles. The van der Waals surface area contributed by atoms with E-state index in [0.29, 0.717) is 23.9 Å². The van der Waals surface area contributed by atoms with Gasteiger partial charge in [0.25, 0.3) is 0 Å². The van der Waals surface area contributed by atoms with Crippen LogP contribution >= 0.6 is 0 Å². The molecule has 2 bridgehead atoms. The predicted octanol–water partition coefficient (Wildman–Crippen LogP) is 5.49. The summed E-state index contributed by atoms with van der Waals surface area (Å²) >= 11 is 0. The molecule has 6 aliphatic rings. The molecule has 1 unspecified atom stereocenters. The third-order valence-electron chi connectivity index (χ3n) is 11.2. The van der Waals surface area contributed by atoms with E-state index in [1.807, 2.05) is 12.4 Å². The van der Waals surface area contributed by atoms with Crippen LogP contribution in [-0.4, -0.2) is 46.3 Å². The van der Waals surface area contributed by atoms with Gasteiger partial charge in [-0.3, -0.25) is 9.88 Å². The molecule has 8 rings (SSSR count). The summed E-state index contributed by atoms with van der Waals surface area (Å²) in [5.41, 5.74) is 10.9. The van der Waals surface area contributed by atoms with Crippen LogP contribution in [0.5, 0.6) is 0 Å². The lowest BCUT2D eigenvalue weighted by molar-refractivity contribution is -0.143. The van der Waals surface area contributed by atoms with Crippen LogP contribution in [0.3, 0.4) is 0 Å². The SMILES string of the molecule is C[C@]12CC=C3C=C4CC[C@@H](N5CC(N)C5)C[C@]45CCC3(O5)[C@@H]1CC[C@@H]2c1ccc2ccncc2c1. The summed E-state index contributed by atoms with van der Waals surface area (Å²) in [6.07, 6.45) is 18.8. The first-order valence-electron chi connectivity index (χ1n) is 13.9. The lowest BCUT2D eigenvalue weighted by Gasteiger charge is -2.55. The highest BCUT2D eigenvalue weighted by Crippen LogP contribution is 2.69. The number of likely N-dealkylation sites (tertiary alicyclic amines) is 1. The van der Waals surface area contributed by atoms with E-state index in [1.165, 1.54) is 73.3 Å². The van der Waals surface area contributed by atoms with E-state index in [2.05, 4.69) is 53.2 Å². The van der Waals surface area contributed by atoms with Crippen molar-refractivity contribution in [1.29, 1.82) is 0 Å². The Labute approximate surface area is 208 Å². The molecule has 182 valence electrons. The molecule has 4 fully saturated rings. The van der Waals surface area contributed by atoms with Gasteiger partial charge in [-0.1, -0.05) is 31.2 Å². The van der Waals surface area contributed by atoms with Gasteiger partial charge in [-0.05, 0) is 103 Å². The van der Waals surface area contributed by atoms with Gasteiger partial charge in [0.05, 0.1) is 11.2 Å². The second kappa shape index (κ2) is 7.06. The summed E-state index contributed by atoms with van der Waals surface area (Å²) in [5, 5.41) is 2.55. The third kappa shape index (κ3) is 2.77. The molecule has 2 saturated heterocycles. The second-order valence-electron chi connectivity index (χ2n) is 12.8.